The van der Waals surface area contributed by atoms with Crippen LogP contribution in [0.25, 0.3) is 17.1 Å². The lowest BCUT2D eigenvalue weighted by atomic mass is 10.0. The number of benzene rings is 2. The van der Waals surface area contributed by atoms with Crippen molar-refractivity contribution in [1.82, 2.24) is 19.7 Å². The van der Waals surface area contributed by atoms with E-state index >= 15 is 0 Å². The molecule has 0 radical (unpaired) electrons. The van der Waals surface area contributed by atoms with Gasteiger partial charge in [-0.05, 0) is 38.3 Å². The van der Waals surface area contributed by atoms with Gasteiger partial charge in [0, 0.05) is 18.7 Å². The molecule has 0 aliphatic carbocycles. The van der Waals surface area contributed by atoms with Crippen LogP contribution in [0.4, 0.5) is 0 Å². The van der Waals surface area contributed by atoms with Gasteiger partial charge in [-0.1, -0.05) is 73.6 Å². The molecule has 1 amide bonds. The highest BCUT2D eigenvalue weighted by atomic mass is 32.2. The third-order valence-corrected chi connectivity index (χ3v) is 6.75. The molecule has 0 bridgehead atoms. The number of morpholine rings is 1. The summed E-state index contributed by atoms with van der Waals surface area (Å²) in [5, 5.41) is 9.80. The van der Waals surface area contributed by atoms with E-state index < -0.39 is 0 Å². The zero-order chi connectivity index (χ0) is 23.5. The molecule has 4 rings (SSSR count). The first kappa shape index (κ1) is 23.5. The van der Waals surface area contributed by atoms with Gasteiger partial charge in [0.1, 0.15) is 0 Å². The van der Waals surface area contributed by atoms with E-state index in [2.05, 4.69) is 78.0 Å². The number of ether oxygens (including phenoxy) is 1. The molecular weight excluding hydrogens is 432 g/mol. The fourth-order valence-corrected chi connectivity index (χ4v) is 5.10. The van der Waals surface area contributed by atoms with Crippen molar-refractivity contribution in [3.8, 4) is 17.1 Å². The van der Waals surface area contributed by atoms with Gasteiger partial charge in [0.15, 0.2) is 11.0 Å². The fraction of sp³-hybridized carbons (Fsp3) is 0.423. The SMILES string of the molecule is Cc1ccc(-c2nnc(SCC(=O)N3C[C@H](C)O[C@@H](C)C3)n2-c2ccccc2C(C)C)cc1. The number of carbonyl (C=O) groups excluding carboxylic acids is 1. The molecule has 2 aromatic carbocycles. The van der Waals surface area contributed by atoms with Crippen molar-refractivity contribution >= 4 is 17.7 Å². The van der Waals surface area contributed by atoms with E-state index in [9.17, 15) is 4.79 Å². The molecule has 1 aliphatic rings. The Balaban J connectivity index is 1.67. The fourth-order valence-electron chi connectivity index (χ4n) is 4.25. The molecule has 0 saturated carbocycles. The molecule has 0 N–H and O–H groups in total. The highest BCUT2D eigenvalue weighted by Crippen LogP contribution is 2.32. The summed E-state index contributed by atoms with van der Waals surface area (Å²) in [4.78, 5) is 14.9. The topological polar surface area (TPSA) is 60.3 Å². The third kappa shape index (κ3) is 5.31. The Kier molecular flexibility index (Phi) is 7.20. The van der Waals surface area contributed by atoms with Crippen molar-refractivity contribution in [3.05, 3.63) is 59.7 Å². The molecule has 0 unspecified atom stereocenters. The summed E-state index contributed by atoms with van der Waals surface area (Å²) in [6.07, 6.45) is 0.106. The van der Waals surface area contributed by atoms with Gasteiger partial charge in [-0.15, -0.1) is 10.2 Å². The first-order valence-corrected chi connectivity index (χ1v) is 12.5. The van der Waals surface area contributed by atoms with E-state index in [-0.39, 0.29) is 18.1 Å². The second-order valence-corrected chi connectivity index (χ2v) is 10.0. The largest absolute Gasteiger partial charge is 0.372 e. The van der Waals surface area contributed by atoms with E-state index in [1.165, 1.54) is 22.9 Å². The number of rotatable bonds is 6. The van der Waals surface area contributed by atoms with Gasteiger partial charge in [-0.2, -0.15) is 0 Å². The van der Waals surface area contributed by atoms with E-state index in [1.54, 1.807) is 0 Å². The summed E-state index contributed by atoms with van der Waals surface area (Å²) in [6, 6.07) is 16.7. The third-order valence-electron chi connectivity index (χ3n) is 5.84. The highest BCUT2D eigenvalue weighted by Gasteiger charge is 2.27. The Hall–Kier alpha value is -2.64. The predicted octanol–water partition coefficient (Wildman–Crippen LogP) is 5.09. The van der Waals surface area contributed by atoms with E-state index in [0.29, 0.717) is 24.8 Å². The average Bonchev–Trinajstić information content (AvgIpc) is 3.21. The summed E-state index contributed by atoms with van der Waals surface area (Å²) in [5.41, 5.74) is 4.47. The average molecular weight is 465 g/mol. The van der Waals surface area contributed by atoms with Gasteiger partial charge >= 0.3 is 0 Å². The number of carbonyl (C=O) groups is 1. The zero-order valence-corrected chi connectivity index (χ0v) is 20.8. The maximum Gasteiger partial charge on any atom is 0.233 e. The van der Waals surface area contributed by atoms with Gasteiger partial charge in [0.25, 0.3) is 0 Å². The molecule has 33 heavy (non-hydrogen) atoms. The second kappa shape index (κ2) is 10.1. The van der Waals surface area contributed by atoms with Crippen molar-refractivity contribution in [2.24, 2.45) is 0 Å². The van der Waals surface area contributed by atoms with Crippen LogP contribution in [0.2, 0.25) is 0 Å². The van der Waals surface area contributed by atoms with Crippen molar-refractivity contribution in [2.75, 3.05) is 18.8 Å². The Bertz CT molecular complexity index is 1100. The normalized spacial score (nSPS) is 18.7. The van der Waals surface area contributed by atoms with Crippen LogP contribution < -0.4 is 0 Å². The van der Waals surface area contributed by atoms with Crippen molar-refractivity contribution in [2.45, 2.75) is 57.9 Å². The van der Waals surface area contributed by atoms with Crippen LogP contribution in [-0.2, 0) is 9.53 Å². The maximum atomic E-state index is 13.0. The second-order valence-electron chi connectivity index (χ2n) is 9.07. The number of hydrogen-bond donors (Lipinski definition) is 0. The summed E-state index contributed by atoms with van der Waals surface area (Å²) < 4.78 is 7.88. The number of para-hydroxylation sites is 1. The van der Waals surface area contributed by atoms with Crippen molar-refractivity contribution in [1.29, 1.82) is 0 Å². The number of aromatic nitrogens is 3. The number of nitrogens with zero attached hydrogens (tertiary/aromatic N) is 4. The number of amides is 1. The molecule has 3 aromatic rings. The summed E-state index contributed by atoms with van der Waals surface area (Å²) in [7, 11) is 0. The maximum absolute atomic E-state index is 13.0. The summed E-state index contributed by atoms with van der Waals surface area (Å²) in [5.74, 6) is 1.54. The minimum atomic E-state index is 0.0532. The first-order chi connectivity index (χ1) is 15.8. The minimum absolute atomic E-state index is 0.0532. The minimum Gasteiger partial charge on any atom is -0.372 e. The van der Waals surface area contributed by atoms with Crippen LogP contribution in [0.1, 0.15) is 44.7 Å². The van der Waals surface area contributed by atoms with E-state index in [0.717, 1.165) is 22.2 Å². The summed E-state index contributed by atoms with van der Waals surface area (Å²) in [6.45, 7) is 11.7. The smallest absolute Gasteiger partial charge is 0.233 e. The van der Waals surface area contributed by atoms with Crippen LogP contribution in [0.3, 0.4) is 0 Å². The molecule has 6 nitrogen and oxygen atoms in total. The predicted molar refractivity (Wildman–Crippen MR) is 133 cm³/mol. The van der Waals surface area contributed by atoms with Gasteiger partial charge in [-0.25, -0.2) is 0 Å². The Morgan fingerprint density at radius 3 is 2.39 bits per heavy atom. The molecular formula is C26H32N4O2S. The monoisotopic (exact) mass is 464 g/mol. The van der Waals surface area contributed by atoms with E-state index in [4.69, 9.17) is 4.74 Å². The molecule has 1 aromatic heterocycles. The van der Waals surface area contributed by atoms with Crippen LogP contribution in [0.15, 0.2) is 53.7 Å². The lowest BCUT2D eigenvalue weighted by Gasteiger charge is -2.35. The molecule has 1 aliphatic heterocycles. The van der Waals surface area contributed by atoms with Crippen molar-refractivity contribution in [3.63, 3.8) is 0 Å². The van der Waals surface area contributed by atoms with Gasteiger partial charge in [0.05, 0.1) is 23.6 Å². The van der Waals surface area contributed by atoms with E-state index in [1.807, 2.05) is 24.8 Å². The first-order valence-electron chi connectivity index (χ1n) is 11.5. The number of hydrogen-bond acceptors (Lipinski definition) is 5. The number of aryl methyl sites for hydroxylation is 1. The molecule has 2 atom stereocenters. The molecule has 1 fully saturated rings. The molecule has 1 saturated heterocycles. The quantitative estimate of drug-likeness (QED) is 0.475. The van der Waals surface area contributed by atoms with Gasteiger partial charge in [0.2, 0.25) is 5.91 Å². The molecule has 0 spiro atoms. The van der Waals surface area contributed by atoms with Crippen LogP contribution in [0, 0.1) is 6.92 Å². The lowest BCUT2D eigenvalue weighted by Crippen LogP contribution is -2.48. The number of thioether (sulfide) groups is 1. The van der Waals surface area contributed by atoms with Crippen LogP contribution in [0.5, 0.6) is 0 Å². The molecule has 7 heteroatoms. The standard InChI is InChI=1S/C26H32N4O2S/c1-17(2)22-8-6-7-9-23(22)30-25(21-12-10-18(3)11-13-21)27-28-26(30)33-16-24(31)29-14-19(4)32-20(5)15-29/h6-13,17,19-20H,14-16H2,1-5H3/t19-,20-/m0/s1. The molecule has 2 heterocycles. The summed E-state index contributed by atoms with van der Waals surface area (Å²) >= 11 is 1.44. The van der Waals surface area contributed by atoms with Gasteiger partial charge < -0.3 is 9.64 Å². The lowest BCUT2D eigenvalue weighted by molar-refractivity contribution is -0.140. The zero-order valence-electron chi connectivity index (χ0n) is 20.0. The van der Waals surface area contributed by atoms with Crippen LogP contribution in [-0.4, -0.2) is 56.6 Å². The molecule has 174 valence electrons. The Morgan fingerprint density at radius 2 is 1.73 bits per heavy atom. The highest BCUT2D eigenvalue weighted by molar-refractivity contribution is 7.99. The Morgan fingerprint density at radius 1 is 1.06 bits per heavy atom. The van der Waals surface area contributed by atoms with Crippen LogP contribution >= 0.6 is 11.8 Å². The van der Waals surface area contributed by atoms with Gasteiger partial charge in [-0.3, -0.25) is 9.36 Å². The Labute approximate surface area is 200 Å². The van der Waals surface area contributed by atoms with Crippen molar-refractivity contribution < 1.29 is 9.53 Å².